The van der Waals surface area contributed by atoms with Crippen LogP contribution in [0.15, 0.2) is 0 Å². The molecule has 0 saturated carbocycles. The first-order valence-corrected chi connectivity index (χ1v) is 13.9. The van der Waals surface area contributed by atoms with Gasteiger partial charge in [-0.2, -0.15) is 0 Å². The Morgan fingerprint density at radius 2 is 0.708 bits per heavy atom. The topological polar surface area (TPSA) is 9.72 Å². The first kappa shape index (κ1) is 21.1. The van der Waals surface area contributed by atoms with Gasteiger partial charge in [-0.1, -0.05) is 0 Å². The Morgan fingerprint density at radius 3 is 0.875 bits per heavy atom. The van der Waals surface area contributed by atoms with Crippen molar-refractivity contribution in [1.82, 2.24) is 14.0 Å². The van der Waals surface area contributed by atoms with E-state index in [2.05, 4.69) is 29.5 Å². The van der Waals surface area contributed by atoms with Crippen molar-refractivity contribution >= 4 is 29.7 Å². The summed E-state index contributed by atoms with van der Waals surface area (Å²) in [5, 5.41) is 0. The summed E-state index contributed by atoms with van der Waals surface area (Å²) in [6.07, 6.45) is 7.09. The van der Waals surface area contributed by atoms with Gasteiger partial charge in [0, 0.05) is 39.3 Å². The van der Waals surface area contributed by atoms with E-state index in [4.69, 9.17) is 0 Å². The molecule has 3 aliphatic rings. The van der Waals surface area contributed by atoms with Crippen molar-refractivity contribution in [3.05, 3.63) is 0 Å². The normalized spacial score (nSPS) is 27.6. The van der Waals surface area contributed by atoms with Gasteiger partial charge in [0.1, 0.15) is 6.42 Å². The maximum absolute atomic E-state index is 10.7. The van der Waals surface area contributed by atoms with Gasteiger partial charge in [0.15, 0.2) is 0 Å². The molecular weight excluding hydrogens is 442 g/mol. The van der Waals surface area contributed by atoms with Crippen LogP contribution in [0.25, 0.3) is 0 Å². The Labute approximate surface area is 147 Å². The Balaban J connectivity index is 0.000000256. The molecular formula is C12H24BrF6N3P2-. The summed E-state index contributed by atoms with van der Waals surface area (Å²) in [5.41, 5.74) is 0. The van der Waals surface area contributed by atoms with Crippen LogP contribution in [0.5, 0.6) is 0 Å². The van der Waals surface area contributed by atoms with Gasteiger partial charge in [0.05, 0.1) is 0 Å². The summed E-state index contributed by atoms with van der Waals surface area (Å²) in [5.74, 6) is 0. The first-order valence-electron chi connectivity index (χ1n) is 8.18. The van der Waals surface area contributed by atoms with Gasteiger partial charge in [-0.15, -0.1) is 0 Å². The molecule has 0 amide bonds. The van der Waals surface area contributed by atoms with Crippen molar-refractivity contribution in [3.63, 3.8) is 0 Å². The Hall–Kier alpha value is 0.800. The summed E-state index contributed by atoms with van der Waals surface area (Å²) in [7, 11) is -10.7. The van der Waals surface area contributed by atoms with Gasteiger partial charge in [0.2, 0.25) is 0 Å². The van der Waals surface area contributed by atoms with Crippen LogP contribution in [0, 0.1) is 0 Å². The average Bonchev–Trinajstić information content (AvgIpc) is 3.16. The van der Waals surface area contributed by atoms with E-state index < -0.39 is 14.2 Å². The van der Waals surface area contributed by atoms with E-state index in [-0.39, 0.29) is 0 Å². The molecule has 3 fully saturated rings. The zero-order chi connectivity index (χ0) is 18.1. The van der Waals surface area contributed by atoms with Gasteiger partial charge in [-0.3, -0.25) is 14.0 Å². The molecule has 0 bridgehead atoms. The quantitative estimate of drug-likeness (QED) is 0.338. The molecule has 0 N–H and O–H groups in total. The van der Waals surface area contributed by atoms with Crippen molar-refractivity contribution in [3.8, 4) is 0 Å². The van der Waals surface area contributed by atoms with E-state index in [1.165, 1.54) is 77.8 Å². The molecule has 0 atom stereocenters. The molecule has 0 aromatic heterocycles. The van der Waals surface area contributed by atoms with Gasteiger partial charge in [0.25, 0.3) is 0 Å². The first-order chi connectivity index (χ1) is 10.8. The maximum atomic E-state index is 9.87. The van der Waals surface area contributed by atoms with E-state index in [9.17, 15) is 25.2 Å². The van der Waals surface area contributed by atoms with Crippen LogP contribution in [-0.4, -0.2) is 53.3 Å². The molecule has 0 unspecified atom stereocenters. The Kier molecular flexibility index (Phi) is 5.94. The van der Waals surface area contributed by atoms with Crippen LogP contribution >= 0.6 is 29.7 Å². The summed E-state index contributed by atoms with van der Waals surface area (Å²) in [4.78, 5) is 0. The van der Waals surface area contributed by atoms with Crippen LogP contribution in [-0.2, 0) is 0 Å². The molecule has 24 heavy (non-hydrogen) atoms. The SMILES string of the molecule is Br[P](N1CCCC1)(N1CCCC1)N1CCCC1.F[P-](F)(F)(F)(F)F. The van der Waals surface area contributed by atoms with E-state index in [0.29, 0.717) is 0 Å². The number of halogens is 7. The third-order valence-electron chi connectivity index (χ3n) is 4.33. The predicted octanol–water partition coefficient (Wildman–Crippen LogP) is 6.73. The second-order valence-electron chi connectivity index (χ2n) is 6.44. The van der Waals surface area contributed by atoms with E-state index in [1.54, 1.807) is 0 Å². The summed E-state index contributed by atoms with van der Waals surface area (Å²) in [6, 6.07) is 0. The van der Waals surface area contributed by atoms with Crippen LogP contribution in [0.4, 0.5) is 25.2 Å². The fraction of sp³-hybridized carbons (Fsp3) is 1.00. The fourth-order valence-corrected chi connectivity index (χ4v) is 9.70. The molecule has 0 aromatic carbocycles. The van der Waals surface area contributed by atoms with Crippen molar-refractivity contribution in [2.45, 2.75) is 38.5 Å². The zero-order valence-electron chi connectivity index (χ0n) is 13.4. The molecule has 0 aliphatic carbocycles. The fourth-order valence-electron chi connectivity index (χ4n) is 3.40. The van der Waals surface area contributed by atoms with Crippen LogP contribution in [0.1, 0.15) is 38.5 Å². The zero-order valence-corrected chi connectivity index (χ0v) is 16.7. The molecule has 3 heterocycles. The van der Waals surface area contributed by atoms with Crippen molar-refractivity contribution in [1.29, 1.82) is 0 Å². The van der Waals surface area contributed by atoms with Gasteiger partial charge in [-0.05, 0) is 54.0 Å². The predicted molar refractivity (Wildman–Crippen MR) is 91.8 cm³/mol. The molecule has 12 heteroatoms. The average molecular weight is 466 g/mol. The van der Waals surface area contributed by atoms with Gasteiger partial charge >= 0.3 is 33.0 Å². The van der Waals surface area contributed by atoms with Crippen molar-refractivity contribution in [2.75, 3.05) is 39.3 Å². The van der Waals surface area contributed by atoms with E-state index in [0.717, 1.165) is 0 Å². The van der Waals surface area contributed by atoms with Crippen LogP contribution in [0.2, 0.25) is 0 Å². The molecule has 3 rings (SSSR count). The number of rotatable bonds is 3. The third-order valence-corrected chi connectivity index (χ3v) is 11.7. The summed E-state index contributed by atoms with van der Waals surface area (Å²) >= 11 is 4.25. The van der Waals surface area contributed by atoms with E-state index in [1.807, 2.05) is 0 Å². The van der Waals surface area contributed by atoms with Gasteiger partial charge in [-0.25, -0.2) is 0 Å². The number of nitrogens with zero attached hydrogens (tertiary/aromatic N) is 3. The van der Waals surface area contributed by atoms with Crippen molar-refractivity contribution < 1.29 is 25.2 Å². The number of hydrogen-bond acceptors (Lipinski definition) is 3. The second-order valence-corrected chi connectivity index (χ2v) is 13.9. The molecule has 3 aliphatic heterocycles. The number of hydrogen-bond donors (Lipinski definition) is 0. The van der Waals surface area contributed by atoms with Crippen LogP contribution in [0.3, 0.4) is 0 Å². The molecule has 3 nitrogen and oxygen atoms in total. The standard InChI is InChI=1S/C12H24BrN3P.F6P/c13-17(14-7-1-2-8-14,15-9-3-4-10-15)16-11-5-6-12-16;1-7(2,3,4,5)6/h1-12H2;/q;-1. The molecule has 0 aromatic rings. The Morgan fingerprint density at radius 1 is 0.542 bits per heavy atom. The Bertz CT molecular complexity index is 378. The minimum absolute atomic E-state index is 1.30. The summed E-state index contributed by atoms with van der Waals surface area (Å²) in [6.45, 7) is 7.87. The third kappa shape index (κ3) is 6.84. The second kappa shape index (κ2) is 6.75. The van der Waals surface area contributed by atoms with Crippen LogP contribution < -0.4 is 0 Å². The summed E-state index contributed by atoms with van der Waals surface area (Å²) < 4.78 is 67.5. The van der Waals surface area contributed by atoms with Gasteiger partial charge < -0.3 is 0 Å². The molecule has 3 saturated heterocycles. The minimum atomic E-state index is -10.7. The van der Waals surface area contributed by atoms with E-state index >= 15 is 0 Å². The van der Waals surface area contributed by atoms with Crippen molar-refractivity contribution in [2.24, 2.45) is 0 Å². The monoisotopic (exact) mass is 465 g/mol. The molecule has 147 valence electrons. The molecule has 0 spiro atoms. The molecule has 1 radical (unpaired) electrons.